The quantitative estimate of drug-likeness (QED) is 0.737. The van der Waals surface area contributed by atoms with E-state index in [0.717, 1.165) is 18.4 Å². The highest BCUT2D eigenvalue weighted by atomic mass is 16.5. The van der Waals surface area contributed by atoms with Gasteiger partial charge in [-0.3, -0.25) is 9.59 Å². The minimum Gasteiger partial charge on any atom is -0.493 e. The van der Waals surface area contributed by atoms with E-state index in [0.29, 0.717) is 31.0 Å². The number of esters is 1. The van der Waals surface area contributed by atoms with Gasteiger partial charge in [-0.25, -0.2) is 0 Å². The number of ether oxygens (including phenoxy) is 3. The Bertz CT molecular complexity index is 616. The summed E-state index contributed by atoms with van der Waals surface area (Å²) in [7, 11) is 4.58. The van der Waals surface area contributed by atoms with Crippen LogP contribution in [0.1, 0.15) is 25.3 Å². The number of nitrogens with zero attached hydrogens (tertiary/aromatic N) is 1. The SMILES string of the molecule is COC(=O)C1CCCN(C(=O)C(C)Cc2ccc(OC)c(OC)c2)C1. The number of benzene rings is 1. The van der Waals surface area contributed by atoms with E-state index in [1.807, 2.05) is 25.1 Å². The topological polar surface area (TPSA) is 65.1 Å². The monoisotopic (exact) mass is 349 g/mol. The van der Waals surface area contributed by atoms with Gasteiger partial charge in [0, 0.05) is 19.0 Å². The van der Waals surface area contributed by atoms with Crippen molar-refractivity contribution in [3.8, 4) is 11.5 Å². The Morgan fingerprint density at radius 2 is 1.92 bits per heavy atom. The summed E-state index contributed by atoms with van der Waals surface area (Å²) in [5.74, 6) is 0.782. The van der Waals surface area contributed by atoms with Crippen LogP contribution in [0, 0.1) is 11.8 Å². The van der Waals surface area contributed by atoms with Gasteiger partial charge < -0.3 is 19.1 Å². The average Bonchev–Trinajstić information content (AvgIpc) is 2.66. The maximum atomic E-state index is 12.8. The Morgan fingerprint density at radius 1 is 1.20 bits per heavy atom. The lowest BCUT2D eigenvalue weighted by molar-refractivity contribution is -0.149. The second kappa shape index (κ2) is 8.74. The maximum Gasteiger partial charge on any atom is 0.310 e. The minimum atomic E-state index is -0.231. The molecule has 0 N–H and O–H groups in total. The largest absolute Gasteiger partial charge is 0.493 e. The molecule has 1 heterocycles. The van der Waals surface area contributed by atoms with Crippen molar-refractivity contribution in [1.29, 1.82) is 0 Å². The molecule has 0 radical (unpaired) electrons. The second-order valence-electron chi connectivity index (χ2n) is 6.44. The van der Waals surface area contributed by atoms with Crippen LogP contribution in [0.3, 0.4) is 0 Å². The lowest BCUT2D eigenvalue weighted by Gasteiger charge is -2.33. The highest BCUT2D eigenvalue weighted by Crippen LogP contribution is 2.29. The average molecular weight is 349 g/mol. The summed E-state index contributed by atoms with van der Waals surface area (Å²) < 4.78 is 15.4. The van der Waals surface area contributed by atoms with E-state index >= 15 is 0 Å². The predicted molar refractivity (Wildman–Crippen MR) is 93.7 cm³/mol. The lowest BCUT2D eigenvalue weighted by atomic mass is 9.94. The van der Waals surface area contributed by atoms with E-state index in [9.17, 15) is 9.59 Å². The van der Waals surface area contributed by atoms with E-state index in [1.54, 1.807) is 19.1 Å². The first kappa shape index (κ1) is 19.1. The van der Waals surface area contributed by atoms with Gasteiger partial charge in [-0.05, 0) is 37.0 Å². The zero-order valence-corrected chi connectivity index (χ0v) is 15.4. The van der Waals surface area contributed by atoms with Gasteiger partial charge in [0.05, 0.1) is 27.2 Å². The molecule has 1 aromatic rings. The standard InChI is InChI=1S/C19H27NO5/c1-13(10-14-7-8-16(23-2)17(11-14)24-3)18(21)20-9-5-6-15(12-20)19(22)25-4/h7-8,11,13,15H,5-6,9-10,12H2,1-4H3. The Morgan fingerprint density at radius 3 is 2.56 bits per heavy atom. The van der Waals surface area contributed by atoms with Crippen LogP contribution in [-0.2, 0) is 20.7 Å². The van der Waals surface area contributed by atoms with Crippen LogP contribution in [0.15, 0.2) is 18.2 Å². The molecule has 1 amide bonds. The van der Waals surface area contributed by atoms with E-state index in [2.05, 4.69) is 0 Å². The van der Waals surface area contributed by atoms with Gasteiger partial charge in [0.2, 0.25) is 5.91 Å². The number of piperidine rings is 1. The highest BCUT2D eigenvalue weighted by molar-refractivity contribution is 5.80. The van der Waals surface area contributed by atoms with Crippen molar-refractivity contribution in [2.24, 2.45) is 11.8 Å². The van der Waals surface area contributed by atoms with Gasteiger partial charge in [-0.15, -0.1) is 0 Å². The molecule has 2 rings (SSSR count). The van der Waals surface area contributed by atoms with Crippen molar-refractivity contribution in [2.75, 3.05) is 34.4 Å². The molecule has 25 heavy (non-hydrogen) atoms. The van der Waals surface area contributed by atoms with E-state index in [4.69, 9.17) is 14.2 Å². The highest BCUT2D eigenvalue weighted by Gasteiger charge is 2.31. The first-order chi connectivity index (χ1) is 12.0. The molecule has 0 saturated carbocycles. The fourth-order valence-electron chi connectivity index (χ4n) is 3.30. The van der Waals surface area contributed by atoms with Crippen LogP contribution >= 0.6 is 0 Å². The van der Waals surface area contributed by atoms with Crippen molar-refractivity contribution in [3.05, 3.63) is 23.8 Å². The summed E-state index contributed by atoms with van der Waals surface area (Å²) in [6.45, 7) is 3.06. The zero-order valence-electron chi connectivity index (χ0n) is 15.4. The molecule has 2 unspecified atom stereocenters. The van der Waals surface area contributed by atoms with Crippen molar-refractivity contribution in [1.82, 2.24) is 4.90 Å². The number of likely N-dealkylation sites (tertiary alicyclic amines) is 1. The Kier molecular flexibility index (Phi) is 6.67. The molecule has 1 saturated heterocycles. The van der Waals surface area contributed by atoms with E-state index in [-0.39, 0.29) is 23.7 Å². The fraction of sp³-hybridized carbons (Fsp3) is 0.579. The Labute approximate surface area is 149 Å². The summed E-state index contributed by atoms with van der Waals surface area (Å²) in [6.07, 6.45) is 2.22. The molecule has 0 bridgehead atoms. The molecule has 2 atom stereocenters. The normalized spacial score (nSPS) is 18.4. The van der Waals surface area contributed by atoms with Gasteiger partial charge in [0.1, 0.15) is 0 Å². The summed E-state index contributed by atoms with van der Waals surface area (Å²) in [5.41, 5.74) is 1.01. The third kappa shape index (κ3) is 4.65. The molecule has 0 aliphatic carbocycles. The number of carbonyl (C=O) groups is 2. The molecular formula is C19H27NO5. The first-order valence-corrected chi connectivity index (χ1v) is 8.57. The van der Waals surface area contributed by atoms with Crippen LogP contribution in [0.5, 0.6) is 11.5 Å². The Balaban J connectivity index is 2.01. The first-order valence-electron chi connectivity index (χ1n) is 8.57. The smallest absolute Gasteiger partial charge is 0.310 e. The molecule has 138 valence electrons. The number of hydrogen-bond acceptors (Lipinski definition) is 5. The van der Waals surface area contributed by atoms with Gasteiger partial charge in [0.15, 0.2) is 11.5 Å². The van der Waals surface area contributed by atoms with Crippen LogP contribution < -0.4 is 9.47 Å². The van der Waals surface area contributed by atoms with Crippen molar-refractivity contribution < 1.29 is 23.8 Å². The summed E-state index contributed by atoms with van der Waals surface area (Å²) in [4.78, 5) is 26.3. The third-order valence-electron chi connectivity index (χ3n) is 4.68. The van der Waals surface area contributed by atoms with Gasteiger partial charge in [-0.1, -0.05) is 13.0 Å². The lowest BCUT2D eigenvalue weighted by Crippen LogP contribution is -2.45. The number of rotatable bonds is 6. The zero-order chi connectivity index (χ0) is 18.4. The second-order valence-corrected chi connectivity index (χ2v) is 6.44. The van der Waals surface area contributed by atoms with Gasteiger partial charge >= 0.3 is 5.97 Å². The summed E-state index contributed by atoms with van der Waals surface area (Å²) >= 11 is 0. The molecule has 6 heteroatoms. The van der Waals surface area contributed by atoms with Crippen molar-refractivity contribution in [2.45, 2.75) is 26.2 Å². The number of hydrogen-bond donors (Lipinski definition) is 0. The Hall–Kier alpha value is -2.24. The predicted octanol–water partition coefficient (Wildman–Crippen LogP) is 2.29. The minimum absolute atomic E-state index is 0.0726. The molecule has 6 nitrogen and oxygen atoms in total. The van der Waals surface area contributed by atoms with E-state index in [1.165, 1.54) is 7.11 Å². The molecule has 0 aromatic heterocycles. The van der Waals surface area contributed by atoms with Crippen LogP contribution in [0.2, 0.25) is 0 Å². The van der Waals surface area contributed by atoms with Crippen LogP contribution in [-0.4, -0.2) is 51.2 Å². The molecule has 1 aliphatic rings. The van der Waals surface area contributed by atoms with Crippen molar-refractivity contribution in [3.63, 3.8) is 0 Å². The van der Waals surface area contributed by atoms with Crippen molar-refractivity contribution >= 4 is 11.9 Å². The third-order valence-corrected chi connectivity index (χ3v) is 4.68. The van der Waals surface area contributed by atoms with Gasteiger partial charge in [-0.2, -0.15) is 0 Å². The van der Waals surface area contributed by atoms with Gasteiger partial charge in [0.25, 0.3) is 0 Å². The number of amides is 1. The van der Waals surface area contributed by atoms with E-state index < -0.39 is 0 Å². The summed E-state index contributed by atoms with van der Waals surface area (Å²) in [5, 5.41) is 0. The number of carbonyl (C=O) groups excluding carboxylic acids is 2. The molecule has 1 aromatic carbocycles. The number of methoxy groups -OCH3 is 3. The maximum absolute atomic E-state index is 12.8. The fourth-order valence-corrected chi connectivity index (χ4v) is 3.30. The summed E-state index contributed by atoms with van der Waals surface area (Å²) in [6, 6.07) is 5.69. The molecule has 1 aliphatic heterocycles. The molecule has 1 fully saturated rings. The van der Waals surface area contributed by atoms with Crippen LogP contribution in [0.4, 0.5) is 0 Å². The molecule has 0 spiro atoms. The van der Waals surface area contributed by atoms with Crippen LogP contribution in [0.25, 0.3) is 0 Å². The molecular weight excluding hydrogens is 322 g/mol.